The van der Waals surface area contributed by atoms with Gasteiger partial charge in [-0.25, -0.2) is 8.78 Å². The average molecular weight is 341 g/mol. The Labute approximate surface area is 136 Å². The summed E-state index contributed by atoms with van der Waals surface area (Å²) in [6, 6.07) is 3.45. The van der Waals surface area contributed by atoms with Crippen molar-refractivity contribution in [3.8, 4) is 0 Å². The van der Waals surface area contributed by atoms with E-state index in [1.165, 1.54) is 12.3 Å². The van der Waals surface area contributed by atoms with Crippen LogP contribution in [0.4, 0.5) is 8.78 Å². The summed E-state index contributed by atoms with van der Waals surface area (Å²) in [4.78, 5) is 14.3. The van der Waals surface area contributed by atoms with Crippen molar-refractivity contribution < 1.29 is 18.3 Å². The van der Waals surface area contributed by atoms with Gasteiger partial charge in [-0.15, -0.1) is 0 Å². The SMILES string of the molecule is C[C@@H]1CN(C(=O)c2ccnn2CC(F)F)C[C@@H](c2ccsc2)O1. The molecule has 0 bridgehead atoms. The molecule has 23 heavy (non-hydrogen) atoms. The molecule has 124 valence electrons. The molecule has 8 heteroatoms. The maximum absolute atomic E-state index is 12.7. The Kier molecular flexibility index (Phi) is 4.72. The van der Waals surface area contributed by atoms with Crippen molar-refractivity contribution >= 4 is 17.2 Å². The Balaban J connectivity index is 1.77. The molecule has 0 saturated carbocycles. The number of aromatic nitrogens is 2. The van der Waals surface area contributed by atoms with Crippen molar-refractivity contribution in [2.75, 3.05) is 13.1 Å². The van der Waals surface area contributed by atoms with E-state index >= 15 is 0 Å². The summed E-state index contributed by atoms with van der Waals surface area (Å²) in [6.07, 6.45) is -1.50. The van der Waals surface area contributed by atoms with Gasteiger partial charge in [-0.1, -0.05) is 0 Å². The van der Waals surface area contributed by atoms with Gasteiger partial charge in [0.15, 0.2) is 0 Å². The number of hydrogen-bond acceptors (Lipinski definition) is 4. The smallest absolute Gasteiger partial charge is 0.272 e. The molecule has 1 saturated heterocycles. The van der Waals surface area contributed by atoms with Crippen molar-refractivity contribution in [3.63, 3.8) is 0 Å². The third kappa shape index (κ3) is 3.59. The van der Waals surface area contributed by atoms with E-state index in [1.807, 2.05) is 23.8 Å². The van der Waals surface area contributed by atoms with Gasteiger partial charge in [0.25, 0.3) is 12.3 Å². The predicted molar refractivity (Wildman–Crippen MR) is 81.7 cm³/mol. The fraction of sp³-hybridized carbons (Fsp3) is 0.467. The summed E-state index contributed by atoms with van der Waals surface area (Å²) in [5.41, 5.74) is 1.21. The highest BCUT2D eigenvalue weighted by Crippen LogP contribution is 2.27. The van der Waals surface area contributed by atoms with E-state index in [2.05, 4.69) is 5.10 Å². The number of amides is 1. The molecule has 2 atom stereocenters. The summed E-state index contributed by atoms with van der Waals surface area (Å²) in [5.74, 6) is -0.293. The molecule has 1 aliphatic rings. The highest BCUT2D eigenvalue weighted by atomic mass is 32.1. The van der Waals surface area contributed by atoms with Crippen LogP contribution in [-0.4, -0.2) is 46.2 Å². The lowest BCUT2D eigenvalue weighted by Gasteiger charge is -2.36. The van der Waals surface area contributed by atoms with Crippen LogP contribution in [0.3, 0.4) is 0 Å². The number of carbonyl (C=O) groups excluding carboxylic acids is 1. The molecule has 2 aromatic rings. The Morgan fingerprint density at radius 1 is 1.48 bits per heavy atom. The summed E-state index contributed by atoms with van der Waals surface area (Å²) in [7, 11) is 0. The first kappa shape index (κ1) is 16.1. The Hall–Kier alpha value is -1.80. The monoisotopic (exact) mass is 341 g/mol. The molecule has 0 aromatic carbocycles. The number of ether oxygens (including phenoxy) is 1. The summed E-state index contributed by atoms with van der Waals surface area (Å²) in [6.45, 7) is 2.15. The maximum atomic E-state index is 12.7. The first-order chi connectivity index (χ1) is 11.0. The molecule has 1 amide bonds. The Bertz CT molecular complexity index is 659. The van der Waals surface area contributed by atoms with Gasteiger partial charge in [-0.2, -0.15) is 16.4 Å². The minimum Gasteiger partial charge on any atom is -0.367 e. The molecule has 2 aromatic heterocycles. The average Bonchev–Trinajstić information content (AvgIpc) is 3.16. The number of halogens is 2. The van der Waals surface area contributed by atoms with E-state index in [-0.39, 0.29) is 23.8 Å². The van der Waals surface area contributed by atoms with Crippen LogP contribution in [-0.2, 0) is 11.3 Å². The molecular weight excluding hydrogens is 324 g/mol. The second-order valence-corrected chi connectivity index (χ2v) is 6.27. The molecular formula is C15H17F2N3O2S. The normalized spacial score (nSPS) is 21.8. The molecule has 3 heterocycles. The Morgan fingerprint density at radius 3 is 3.00 bits per heavy atom. The fourth-order valence-corrected chi connectivity index (χ4v) is 3.41. The highest BCUT2D eigenvalue weighted by molar-refractivity contribution is 7.07. The first-order valence-electron chi connectivity index (χ1n) is 7.31. The summed E-state index contributed by atoms with van der Waals surface area (Å²) < 4.78 is 32.1. The maximum Gasteiger partial charge on any atom is 0.272 e. The van der Waals surface area contributed by atoms with Crippen molar-refractivity contribution in [1.82, 2.24) is 14.7 Å². The van der Waals surface area contributed by atoms with E-state index in [1.54, 1.807) is 16.2 Å². The number of thiophene rings is 1. The summed E-state index contributed by atoms with van der Waals surface area (Å²) >= 11 is 1.57. The zero-order valence-electron chi connectivity index (χ0n) is 12.6. The van der Waals surface area contributed by atoms with E-state index in [0.717, 1.165) is 10.2 Å². The van der Waals surface area contributed by atoms with Crippen LogP contribution < -0.4 is 0 Å². The first-order valence-corrected chi connectivity index (χ1v) is 8.25. The number of hydrogen-bond donors (Lipinski definition) is 0. The second kappa shape index (κ2) is 6.76. The van der Waals surface area contributed by atoms with Gasteiger partial charge in [0.05, 0.1) is 12.6 Å². The number of alkyl halides is 2. The topological polar surface area (TPSA) is 47.4 Å². The standard InChI is InChI=1S/C15H17F2N3O2S/c1-10-6-19(7-13(22-10)11-3-5-23-9-11)15(21)12-2-4-18-20(12)8-14(16)17/h2-5,9-10,13-14H,6-8H2,1H3/t10-,13+/m1/s1. The molecule has 0 spiro atoms. The van der Waals surface area contributed by atoms with Crippen LogP contribution in [0.25, 0.3) is 0 Å². The fourth-order valence-electron chi connectivity index (χ4n) is 2.71. The lowest BCUT2D eigenvalue weighted by atomic mass is 10.1. The minimum atomic E-state index is -2.55. The van der Waals surface area contributed by atoms with Gasteiger partial charge in [-0.05, 0) is 35.4 Å². The van der Waals surface area contributed by atoms with Crippen LogP contribution >= 0.6 is 11.3 Å². The highest BCUT2D eigenvalue weighted by Gasteiger charge is 2.31. The van der Waals surface area contributed by atoms with Gasteiger partial charge >= 0.3 is 0 Å². The van der Waals surface area contributed by atoms with Crippen molar-refractivity contribution in [1.29, 1.82) is 0 Å². The Morgan fingerprint density at radius 2 is 2.30 bits per heavy atom. The lowest BCUT2D eigenvalue weighted by molar-refractivity contribution is -0.0693. The van der Waals surface area contributed by atoms with E-state index in [4.69, 9.17) is 4.74 Å². The van der Waals surface area contributed by atoms with Crippen LogP contribution in [0.2, 0.25) is 0 Å². The van der Waals surface area contributed by atoms with Gasteiger partial charge in [0, 0.05) is 12.7 Å². The molecule has 0 N–H and O–H groups in total. The third-order valence-electron chi connectivity index (χ3n) is 3.71. The molecule has 5 nitrogen and oxygen atoms in total. The lowest BCUT2D eigenvalue weighted by Crippen LogP contribution is -2.46. The molecule has 1 fully saturated rings. The zero-order chi connectivity index (χ0) is 16.4. The number of nitrogens with zero attached hydrogens (tertiary/aromatic N) is 3. The van der Waals surface area contributed by atoms with Crippen LogP contribution in [0.5, 0.6) is 0 Å². The molecule has 0 unspecified atom stereocenters. The largest absolute Gasteiger partial charge is 0.367 e. The molecule has 1 aliphatic heterocycles. The minimum absolute atomic E-state index is 0.121. The second-order valence-electron chi connectivity index (χ2n) is 5.49. The van der Waals surface area contributed by atoms with E-state index < -0.39 is 13.0 Å². The van der Waals surface area contributed by atoms with Crippen molar-refractivity contribution in [2.24, 2.45) is 0 Å². The molecule has 0 radical (unpaired) electrons. The van der Waals surface area contributed by atoms with Gasteiger partial charge < -0.3 is 9.64 Å². The van der Waals surface area contributed by atoms with Crippen LogP contribution in [0.15, 0.2) is 29.1 Å². The van der Waals surface area contributed by atoms with Crippen LogP contribution in [0.1, 0.15) is 29.1 Å². The van der Waals surface area contributed by atoms with Gasteiger partial charge in [0.1, 0.15) is 18.3 Å². The van der Waals surface area contributed by atoms with Crippen molar-refractivity contribution in [2.45, 2.75) is 32.1 Å². The van der Waals surface area contributed by atoms with Crippen LogP contribution in [0, 0.1) is 0 Å². The number of rotatable bonds is 4. The molecule has 0 aliphatic carbocycles. The predicted octanol–water partition coefficient (Wildman–Crippen LogP) is 2.81. The molecule has 3 rings (SSSR count). The summed E-state index contributed by atoms with van der Waals surface area (Å²) in [5, 5.41) is 7.77. The van der Waals surface area contributed by atoms with E-state index in [9.17, 15) is 13.6 Å². The zero-order valence-corrected chi connectivity index (χ0v) is 13.4. The third-order valence-corrected chi connectivity index (χ3v) is 4.41. The number of carbonyl (C=O) groups is 1. The van der Waals surface area contributed by atoms with Gasteiger partial charge in [0.2, 0.25) is 0 Å². The quantitative estimate of drug-likeness (QED) is 0.859. The van der Waals surface area contributed by atoms with E-state index in [0.29, 0.717) is 13.1 Å². The van der Waals surface area contributed by atoms with Gasteiger partial charge in [-0.3, -0.25) is 9.48 Å². The number of morpholine rings is 1. The van der Waals surface area contributed by atoms with Crippen molar-refractivity contribution in [3.05, 3.63) is 40.3 Å².